The molecule has 2 rings (SSSR count). The van der Waals surface area contributed by atoms with Gasteiger partial charge in [-0.1, -0.05) is 0 Å². The summed E-state index contributed by atoms with van der Waals surface area (Å²) in [5.74, 6) is -0.0919. The van der Waals surface area contributed by atoms with Gasteiger partial charge >= 0.3 is 0 Å². The molecule has 0 amide bonds. The molecule has 2 aliphatic carbocycles. The average molecular weight is 186 g/mol. The van der Waals surface area contributed by atoms with Crippen LogP contribution in [0.2, 0.25) is 0 Å². The summed E-state index contributed by atoms with van der Waals surface area (Å²) >= 11 is 0. The normalized spacial score (nSPS) is 42.2. The Labute approximate surface area is 74.2 Å². The maximum Gasteiger partial charge on any atom is 0.282 e. The van der Waals surface area contributed by atoms with E-state index >= 15 is 0 Å². The first-order valence-electron chi connectivity index (χ1n) is 4.38. The summed E-state index contributed by atoms with van der Waals surface area (Å²) in [6, 6.07) is -1.84. The SMILES string of the molecule is O=[N+]([O-])C1C2CCC(C2)C1[N+](=O)[O-]. The zero-order valence-corrected chi connectivity index (χ0v) is 6.96. The van der Waals surface area contributed by atoms with Gasteiger partial charge < -0.3 is 0 Å². The highest BCUT2D eigenvalue weighted by atomic mass is 16.6. The van der Waals surface area contributed by atoms with E-state index in [0.717, 1.165) is 12.8 Å². The number of hydrogen-bond acceptors (Lipinski definition) is 4. The van der Waals surface area contributed by atoms with Crippen LogP contribution in [0, 0.1) is 32.1 Å². The van der Waals surface area contributed by atoms with Crippen molar-refractivity contribution >= 4 is 0 Å². The third kappa shape index (κ3) is 1.08. The first-order valence-corrected chi connectivity index (χ1v) is 4.38. The van der Waals surface area contributed by atoms with Crippen molar-refractivity contribution < 1.29 is 9.85 Å². The van der Waals surface area contributed by atoms with Crippen LogP contribution in [0.15, 0.2) is 0 Å². The van der Waals surface area contributed by atoms with Gasteiger partial charge in [-0.25, -0.2) is 0 Å². The molecule has 0 aromatic rings. The summed E-state index contributed by atoms with van der Waals surface area (Å²) < 4.78 is 0. The van der Waals surface area contributed by atoms with Crippen LogP contribution in [-0.2, 0) is 0 Å². The van der Waals surface area contributed by atoms with Crippen LogP contribution in [0.25, 0.3) is 0 Å². The van der Waals surface area contributed by atoms with E-state index < -0.39 is 21.9 Å². The lowest BCUT2D eigenvalue weighted by Crippen LogP contribution is -2.43. The van der Waals surface area contributed by atoms with E-state index in [1.807, 2.05) is 0 Å². The molecule has 4 unspecified atom stereocenters. The van der Waals surface area contributed by atoms with E-state index in [1.165, 1.54) is 0 Å². The summed E-state index contributed by atoms with van der Waals surface area (Å²) in [4.78, 5) is 20.3. The Kier molecular flexibility index (Phi) is 1.71. The maximum absolute atomic E-state index is 10.6. The van der Waals surface area contributed by atoms with Gasteiger partial charge in [0.25, 0.3) is 12.1 Å². The van der Waals surface area contributed by atoms with E-state index in [4.69, 9.17) is 0 Å². The number of hydrogen-bond donors (Lipinski definition) is 0. The minimum absolute atomic E-state index is 0.0459. The van der Waals surface area contributed by atoms with Crippen molar-refractivity contribution in [3.8, 4) is 0 Å². The largest absolute Gasteiger partial charge is 0.282 e. The van der Waals surface area contributed by atoms with Crippen LogP contribution in [0.1, 0.15) is 19.3 Å². The lowest BCUT2D eigenvalue weighted by molar-refractivity contribution is -0.623. The lowest BCUT2D eigenvalue weighted by atomic mass is 9.91. The van der Waals surface area contributed by atoms with E-state index in [2.05, 4.69) is 0 Å². The fraction of sp³-hybridized carbons (Fsp3) is 1.00. The predicted molar refractivity (Wildman–Crippen MR) is 42.4 cm³/mol. The van der Waals surface area contributed by atoms with Crippen molar-refractivity contribution in [1.82, 2.24) is 0 Å². The standard InChI is InChI=1S/C7H10N2O4/c10-8(11)6-4-1-2-5(3-4)7(6)9(12)13/h4-7H,1-3H2. The van der Waals surface area contributed by atoms with Gasteiger partial charge in [-0.15, -0.1) is 0 Å². The van der Waals surface area contributed by atoms with Gasteiger partial charge in [0.05, 0.1) is 0 Å². The van der Waals surface area contributed by atoms with Gasteiger partial charge in [-0.05, 0) is 19.3 Å². The molecule has 2 aliphatic rings. The summed E-state index contributed by atoms with van der Waals surface area (Å²) in [7, 11) is 0. The molecule has 0 heterocycles. The first kappa shape index (κ1) is 8.40. The fourth-order valence-electron chi connectivity index (χ4n) is 2.82. The van der Waals surface area contributed by atoms with Crippen molar-refractivity contribution in [3.05, 3.63) is 20.2 Å². The molecule has 6 nitrogen and oxygen atoms in total. The maximum atomic E-state index is 10.6. The van der Waals surface area contributed by atoms with E-state index in [9.17, 15) is 20.2 Å². The molecule has 2 saturated carbocycles. The Morgan fingerprint density at radius 3 is 1.62 bits per heavy atom. The number of nitrogens with zero attached hydrogens (tertiary/aromatic N) is 2. The van der Waals surface area contributed by atoms with Crippen molar-refractivity contribution in [2.24, 2.45) is 11.8 Å². The number of rotatable bonds is 2. The van der Waals surface area contributed by atoms with Crippen LogP contribution in [0.4, 0.5) is 0 Å². The second kappa shape index (κ2) is 2.65. The molecule has 0 radical (unpaired) electrons. The van der Waals surface area contributed by atoms with Crippen LogP contribution in [-0.4, -0.2) is 21.9 Å². The molecule has 2 bridgehead atoms. The van der Waals surface area contributed by atoms with Crippen molar-refractivity contribution in [2.75, 3.05) is 0 Å². The molecule has 0 aromatic carbocycles. The van der Waals surface area contributed by atoms with Gasteiger partial charge in [0.2, 0.25) is 0 Å². The van der Waals surface area contributed by atoms with Crippen LogP contribution in [0.5, 0.6) is 0 Å². The third-order valence-electron chi connectivity index (χ3n) is 3.32. The smallest absolute Gasteiger partial charge is 0.264 e. The number of nitro groups is 2. The first-order chi connectivity index (χ1) is 6.11. The molecule has 6 heteroatoms. The highest BCUT2D eigenvalue weighted by Crippen LogP contribution is 2.46. The minimum Gasteiger partial charge on any atom is -0.264 e. The second-order valence-electron chi connectivity index (χ2n) is 3.89. The highest BCUT2D eigenvalue weighted by Gasteiger charge is 2.61. The quantitative estimate of drug-likeness (QED) is 0.469. The molecular formula is C7H10N2O4. The molecular weight excluding hydrogens is 176 g/mol. The summed E-state index contributed by atoms with van der Waals surface area (Å²) in [5.41, 5.74) is 0. The van der Waals surface area contributed by atoms with E-state index in [1.54, 1.807) is 0 Å². The monoisotopic (exact) mass is 186 g/mol. The molecule has 0 aliphatic heterocycles. The molecule has 4 atom stereocenters. The lowest BCUT2D eigenvalue weighted by Gasteiger charge is -2.17. The zero-order chi connectivity index (χ0) is 9.59. The average Bonchev–Trinajstić information content (AvgIpc) is 2.60. The second-order valence-corrected chi connectivity index (χ2v) is 3.89. The summed E-state index contributed by atoms with van der Waals surface area (Å²) in [6.07, 6.45) is 2.26. The Balaban J connectivity index is 2.24. The summed E-state index contributed by atoms with van der Waals surface area (Å²) in [6.45, 7) is 0. The predicted octanol–water partition coefficient (Wildman–Crippen LogP) is 0.707. The van der Waals surface area contributed by atoms with E-state index in [0.29, 0.717) is 6.42 Å². The molecule has 72 valence electrons. The molecule has 0 aromatic heterocycles. The number of fused-ring (bicyclic) bond motifs is 2. The Bertz CT molecular complexity index is 241. The van der Waals surface area contributed by atoms with Crippen molar-refractivity contribution in [2.45, 2.75) is 31.3 Å². The Morgan fingerprint density at radius 2 is 1.31 bits per heavy atom. The van der Waals surface area contributed by atoms with Crippen LogP contribution >= 0.6 is 0 Å². The van der Waals surface area contributed by atoms with Gasteiger partial charge in [0.1, 0.15) is 0 Å². The Hall–Kier alpha value is -1.20. The van der Waals surface area contributed by atoms with Gasteiger partial charge in [-0.3, -0.25) is 20.2 Å². The van der Waals surface area contributed by atoms with E-state index in [-0.39, 0.29) is 11.8 Å². The van der Waals surface area contributed by atoms with Gasteiger partial charge in [0.15, 0.2) is 0 Å². The van der Waals surface area contributed by atoms with Crippen molar-refractivity contribution in [3.63, 3.8) is 0 Å². The third-order valence-corrected chi connectivity index (χ3v) is 3.32. The molecule has 2 fully saturated rings. The highest BCUT2D eigenvalue weighted by molar-refractivity contribution is 4.97. The van der Waals surface area contributed by atoms with Crippen LogP contribution in [0.3, 0.4) is 0 Å². The fourth-order valence-corrected chi connectivity index (χ4v) is 2.82. The minimum atomic E-state index is -0.922. The molecule has 13 heavy (non-hydrogen) atoms. The van der Waals surface area contributed by atoms with Gasteiger partial charge in [0, 0.05) is 21.7 Å². The molecule has 0 N–H and O–H groups in total. The van der Waals surface area contributed by atoms with Gasteiger partial charge in [-0.2, -0.15) is 0 Å². The van der Waals surface area contributed by atoms with Crippen molar-refractivity contribution in [1.29, 1.82) is 0 Å². The zero-order valence-electron chi connectivity index (χ0n) is 6.96. The summed E-state index contributed by atoms with van der Waals surface area (Å²) in [5, 5.41) is 21.2. The topological polar surface area (TPSA) is 86.3 Å². The van der Waals surface area contributed by atoms with Crippen LogP contribution < -0.4 is 0 Å². The molecule has 0 saturated heterocycles. The Morgan fingerprint density at radius 1 is 0.923 bits per heavy atom. The molecule has 0 spiro atoms.